The van der Waals surface area contributed by atoms with E-state index < -0.39 is 11.5 Å². The lowest BCUT2D eigenvalue weighted by Gasteiger charge is -2.37. The summed E-state index contributed by atoms with van der Waals surface area (Å²) in [5.41, 5.74) is 7.18. The number of β-amino-alcohol motifs (C(OH)–C–C–N with tert-alkyl or cyclic N) is 1. The minimum absolute atomic E-state index is 0.0665. The van der Waals surface area contributed by atoms with Crippen LogP contribution in [0.3, 0.4) is 0 Å². The average molecular weight is 308 g/mol. The molecule has 1 aliphatic heterocycles. The summed E-state index contributed by atoms with van der Waals surface area (Å²) in [6.45, 7) is 12.3. The first kappa shape index (κ1) is 17.0. The number of hydrogen-bond donors (Lipinski definition) is 2. The Kier molecular flexibility index (Phi) is 4.37. The van der Waals surface area contributed by atoms with Crippen LogP contribution in [0.4, 0.5) is 0 Å². The first-order valence-corrected chi connectivity index (χ1v) is 7.85. The van der Waals surface area contributed by atoms with E-state index in [0.717, 1.165) is 24.4 Å². The predicted octanol–water partition coefficient (Wildman–Crippen LogP) is 1.07. The number of nitrogens with two attached hydrogens (primary N) is 1. The minimum Gasteiger partial charge on any atom is -0.379 e. The number of rotatable bonds is 3. The summed E-state index contributed by atoms with van der Waals surface area (Å²) in [7, 11) is 0. The maximum absolute atomic E-state index is 11.5. The van der Waals surface area contributed by atoms with Crippen molar-refractivity contribution in [1.82, 2.24) is 14.7 Å². The summed E-state index contributed by atoms with van der Waals surface area (Å²) in [5.74, 6) is -0.629. The second-order valence-corrected chi connectivity index (χ2v) is 7.44. The van der Waals surface area contributed by atoms with E-state index in [1.807, 2.05) is 11.6 Å². The van der Waals surface area contributed by atoms with Crippen molar-refractivity contribution in [2.45, 2.75) is 65.1 Å². The molecule has 1 aromatic heterocycles. The van der Waals surface area contributed by atoms with Crippen LogP contribution in [0, 0.1) is 13.8 Å². The van der Waals surface area contributed by atoms with E-state index in [-0.39, 0.29) is 5.54 Å². The zero-order valence-corrected chi connectivity index (χ0v) is 14.3. The van der Waals surface area contributed by atoms with Gasteiger partial charge in [0.25, 0.3) is 5.91 Å². The summed E-state index contributed by atoms with van der Waals surface area (Å²) in [4.78, 5) is 13.6. The second-order valence-electron chi connectivity index (χ2n) is 7.44. The molecule has 1 unspecified atom stereocenters. The molecule has 1 saturated heterocycles. The molecular formula is C16H28N4O2. The van der Waals surface area contributed by atoms with Crippen molar-refractivity contribution in [3.8, 4) is 0 Å². The van der Waals surface area contributed by atoms with Gasteiger partial charge < -0.3 is 10.8 Å². The molecule has 2 rings (SSSR count). The summed E-state index contributed by atoms with van der Waals surface area (Å²) < 4.78 is 2.04. The van der Waals surface area contributed by atoms with Gasteiger partial charge in [-0.15, -0.1) is 0 Å². The van der Waals surface area contributed by atoms with Gasteiger partial charge in [0.15, 0.2) is 5.60 Å². The molecule has 1 fully saturated rings. The van der Waals surface area contributed by atoms with Gasteiger partial charge in [0.05, 0.1) is 11.2 Å². The van der Waals surface area contributed by atoms with Crippen LogP contribution in [0.2, 0.25) is 0 Å². The number of amides is 1. The van der Waals surface area contributed by atoms with Crippen LogP contribution in [-0.4, -0.2) is 44.4 Å². The van der Waals surface area contributed by atoms with E-state index >= 15 is 0 Å². The van der Waals surface area contributed by atoms with E-state index in [4.69, 9.17) is 5.73 Å². The summed E-state index contributed by atoms with van der Waals surface area (Å²) in [6, 6.07) is 0. The highest BCUT2D eigenvalue weighted by Crippen LogP contribution is 2.26. The Balaban J connectivity index is 2.21. The van der Waals surface area contributed by atoms with Gasteiger partial charge in [-0.2, -0.15) is 5.10 Å². The highest BCUT2D eigenvalue weighted by atomic mass is 16.3. The fourth-order valence-electron chi connectivity index (χ4n) is 3.24. The zero-order valence-electron chi connectivity index (χ0n) is 14.3. The van der Waals surface area contributed by atoms with E-state index in [0.29, 0.717) is 19.5 Å². The molecule has 6 nitrogen and oxygen atoms in total. The monoisotopic (exact) mass is 308 g/mol. The number of aryl methyl sites for hydroxylation is 1. The number of piperidine rings is 1. The van der Waals surface area contributed by atoms with Crippen LogP contribution in [0.15, 0.2) is 0 Å². The number of aliphatic hydroxyl groups is 1. The standard InChI is InChI=1S/C16H28N4O2/c1-11-13(12(2)20(18-11)15(3,4)5)9-19-8-6-7-16(22,10-19)14(17)21/h22H,6-10H2,1-5H3,(H2,17,21). The quantitative estimate of drug-likeness (QED) is 0.874. The number of nitrogens with zero attached hydrogens (tertiary/aromatic N) is 3. The lowest BCUT2D eigenvalue weighted by atomic mass is 9.92. The van der Waals surface area contributed by atoms with Crippen LogP contribution in [0.5, 0.6) is 0 Å². The maximum atomic E-state index is 11.5. The number of primary amides is 1. The molecule has 0 bridgehead atoms. The molecule has 2 heterocycles. The Labute approximate surface area is 132 Å². The zero-order chi connectivity index (χ0) is 16.7. The molecule has 0 aliphatic carbocycles. The lowest BCUT2D eigenvalue weighted by Crippen LogP contribution is -2.55. The molecule has 1 aliphatic rings. The van der Waals surface area contributed by atoms with Crippen LogP contribution < -0.4 is 5.73 Å². The molecule has 0 spiro atoms. The van der Waals surface area contributed by atoms with Gasteiger partial charge in [-0.1, -0.05) is 0 Å². The smallest absolute Gasteiger partial charge is 0.250 e. The molecule has 22 heavy (non-hydrogen) atoms. The Morgan fingerprint density at radius 2 is 2.05 bits per heavy atom. The van der Waals surface area contributed by atoms with Crippen molar-refractivity contribution >= 4 is 5.91 Å². The highest BCUT2D eigenvalue weighted by molar-refractivity contribution is 5.83. The molecule has 1 amide bonds. The molecule has 124 valence electrons. The van der Waals surface area contributed by atoms with Gasteiger partial charge in [0.2, 0.25) is 0 Å². The number of likely N-dealkylation sites (tertiary alicyclic amines) is 1. The Morgan fingerprint density at radius 3 is 2.55 bits per heavy atom. The van der Waals surface area contributed by atoms with Gasteiger partial charge in [-0.05, 0) is 54.0 Å². The Bertz CT molecular complexity index is 573. The molecule has 1 aromatic rings. The van der Waals surface area contributed by atoms with E-state index in [1.54, 1.807) is 0 Å². The predicted molar refractivity (Wildman–Crippen MR) is 85.4 cm³/mol. The first-order chi connectivity index (χ1) is 10.0. The van der Waals surface area contributed by atoms with E-state index in [9.17, 15) is 9.90 Å². The molecular weight excluding hydrogens is 280 g/mol. The molecule has 3 N–H and O–H groups in total. The van der Waals surface area contributed by atoms with Gasteiger partial charge >= 0.3 is 0 Å². The second kappa shape index (κ2) is 5.66. The van der Waals surface area contributed by atoms with Crippen molar-refractivity contribution in [1.29, 1.82) is 0 Å². The van der Waals surface area contributed by atoms with Crippen molar-refractivity contribution < 1.29 is 9.90 Å². The fourth-order valence-corrected chi connectivity index (χ4v) is 3.24. The van der Waals surface area contributed by atoms with Gasteiger partial charge in [0, 0.05) is 24.3 Å². The maximum Gasteiger partial charge on any atom is 0.250 e. The lowest BCUT2D eigenvalue weighted by molar-refractivity contribution is -0.142. The van der Waals surface area contributed by atoms with Crippen LogP contribution >= 0.6 is 0 Å². The summed E-state index contributed by atoms with van der Waals surface area (Å²) in [6.07, 6.45) is 1.21. The summed E-state index contributed by atoms with van der Waals surface area (Å²) in [5, 5.41) is 15.0. The Morgan fingerprint density at radius 1 is 1.41 bits per heavy atom. The molecule has 1 atom stereocenters. The summed E-state index contributed by atoms with van der Waals surface area (Å²) >= 11 is 0. The van der Waals surface area contributed by atoms with Crippen LogP contribution in [0.1, 0.15) is 50.6 Å². The van der Waals surface area contributed by atoms with Gasteiger partial charge in [-0.3, -0.25) is 14.4 Å². The molecule has 6 heteroatoms. The first-order valence-electron chi connectivity index (χ1n) is 7.85. The molecule has 0 saturated carbocycles. The van der Waals surface area contributed by atoms with Gasteiger partial charge in [-0.25, -0.2) is 0 Å². The number of hydrogen-bond acceptors (Lipinski definition) is 4. The third-order valence-electron chi connectivity index (χ3n) is 4.47. The van der Waals surface area contributed by atoms with Crippen LogP contribution in [0.25, 0.3) is 0 Å². The number of carbonyl (C=O) groups is 1. The normalized spacial score (nSPS) is 23.7. The number of carbonyl (C=O) groups excluding carboxylic acids is 1. The van der Waals surface area contributed by atoms with Crippen LogP contribution in [-0.2, 0) is 16.9 Å². The van der Waals surface area contributed by atoms with Crippen molar-refractivity contribution in [2.24, 2.45) is 5.73 Å². The van der Waals surface area contributed by atoms with E-state index in [1.165, 1.54) is 5.56 Å². The molecule has 0 radical (unpaired) electrons. The highest BCUT2D eigenvalue weighted by Gasteiger charge is 2.39. The fraction of sp³-hybridized carbons (Fsp3) is 0.750. The SMILES string of the molecule is Cc1nn(C(C)(C)C)c(C)c1CN1CCCC(O)(C(N)=O)C1. The number of aromatic nitrogens is 2. The van der Waals surface area contributed by atoms with Gasteiger partial charge in [0.1, 0.15) is 0 Å². The third kappa shape index (κ3) is 3.17. The Hall–Kier alpha value is -1.40. The topological polar surface area (TPSA) is 84.4 Å². The van der Waals surface area contributed by atoms with Crippen molar-refractivity contribution in [3.05, 3.63) is 17.0 Å². The van der Waals surface area contributed by atoms with Crippen molar-refractivity contribution in [3.63, 3.8) is 0 Å². The third-order valence-corrected chi connectivity index (χ3v) is 4.47. The minimum atomic E-state index is -1.40. The van der Waals surface area contributed by atoms with Crippen molar-refractivity contribution in [2.75, 3.05) is 13.1 Å². The largest absolute Gasteiger partial charge is 0.379 e. The molecule has 0 aromatic carbocycles. The van der Waals surface area contributed by atoms with E-state index in [2.05, 4.69) is 37.7 Å². The average Bonchev–Trinajstić information content (AvgIpc) is 2.66.